The van der Waals surface area contributed by atoms with Crippen LogP contribution in [0.1, 0.15) is 0 Å². The van der Waals surface area contributed by atoms with Gasteiger partial charge < -0.3 is 0 Å². The fourth-order valence-electron chi connectivity index (χ4n) is 0. The molecule has 0 aromatic rings. The van der Waals surface area contributed by atoms with Crippen LogP contribution in [0.5, 0.6) is 0 Å². The summed E-state index contributed by atoms with van der Waals surface area (Å²) in [5.74, 6) is 0. The van der Waals surface area contributed by atoms with Crippen molar-refractivity contribution in [2.75, 3.05) is 0 Å². The van der Waals surface area contributed by atoms with Crippen LogP contribution in [0.4, 0.5) is 0 Å². The highest BCUT2D eigenvalue weighted by molar-refractivity contribution is 9.26. The number of halogens is 5. The van der Waals surface area contributed by atoms with E-state index in [-0.39, 0.29) is 0 Å². The molecule has 0 spiro atoms. The third-order valence-electron chi connectivity index (χ3n) is 0.247. The van der Waals surface area contributed by atoms with E-state index in [1.54, 1.807) is 0 Å². The van der Waals surface area contributed by atoms with Gasteiger partial charge in [-0.25, -0.2) is 0 Å². The van der Waals surface area contributed by atoms with E-state index in [0.717, 1.165) is 0 Å². The number of alkyl halides is 5. The minimum atomic E-state index is -0.872. The van der Waals surface area contributed by atoms with Crippen molar-refractivity contribution in [1.82, 2.24) is 0 Å². The molecule has 0 aliphatic heterocycles. The fourth-order valence-corrected chi connectivity index (χ4v) is 0. The molecule has 0 unspecified atom stereocenters. The number of rotatable bonds is 1. The van der Waals surface area contributed by atoms with Gasteiger partial charge in [0.15, 0.2) is 2.69 Å². The first-order valence-electron chi connectivity index (χ1n) is 1.29. The third-order valence-corrected chi connectivity index (χ3v) is 3.31. The van der Waals surface area contributed by atoms with E-state index in [1.165, 1.54) is 0 Å². The van der Waals surface area contributed by atoms with Crippen molar-refractivity contribution in [3.05, 3.63) is 0 Å². The molecule has 0 aliphatic rings. The zero-order chi connectivity index (χ0) is 6.08. The maximum atomic E-state index is 5.44. The first kappa shape index (κ1) is 8.83. The molecule has 44 valence electrons. The lowest BCUT2D eigenvalue weighted by molar-refractivity contribution is 1.27. The zero-order valence-corrected chi connectivity index (χ0v) is 8.41. The number of hydrogen-bond donors (Lipinski definition) is 0. The SMILES string of the molecule is ClC(Cl)C(Cl)(Br)Br. The minimum absolute atomic E-state index is 0.658. The molecule has 0 fully saturated rings. The maximum absolute atomic E-state index is 5.44. The molecule has 5 heteroatoms. The Labute approximate surface area is 73.7 Å². The highest BCUT2D eigenvalue weighted by Gasteiger charge is 2.26. The van der Waals surface area contributed by atoms with Crippen molar-refractivity contribution in [3.8, 4) is 0 Å². The van der Waals surface area contributed by atoms with Gasteiger partial charge in [-0.05, 0) is 0 Å². The van der Waals surface area contributed by atoms with Gasteiger partial charge in [-0.1, -0.05) is 43.5 Å². The fraction of sp³-hybridized carbons (Fsp3) is 1.00. The maximum Gasteiger partial charge on any atom is 0.183 e. The van der Waals surface area contributed by atoms with Crippen LogP contribution in [0.2, 0.25) is 0 Å². The Morgan fingerprint density at radius 1 is 1.29 bits per heavy atom. The highest BCUT2D eigenvalue weighted by atomic mass is 79.9. The second kappa shape index (κ2) is 3.11. The van der Waals surface area contributed by atoms with Crippen LogP contribution >= 0.6 is 66.7 Å². The van der Waals surface area contributed by atoms with Crippen LogP contribution in [-0.2, 0) is 0 Å². The highest BCUT2D eigenvalue weighted by Crippen LogP contribution is 2.39. The third kappa shape index (κ3) is 4.34. The average molecular weight is 291 g/mol. The molecule has 0 heterocycles. The van der Waals surface area contributed by atoms with Crippen LogP contribution in [0, 0.1) is 0 Å². The van der Waals surface area contributed by atoms with E-state index in [1.807, 2.05) is 0 Å². The van der Waals surface area contributed by atoms with E-state index < -0.39 is 7.53 Å². The number of hydrogen-bond acceptors (Lipinski definition) is 0. The summed E-state index contributed by atoms with van der Waals surface area (Å²) in [7, 11) is 0. The molecule has 0 radical (unpaired) electrons. The quantitative estimate of drug-likeness (QED) is 0.649. The summed E-state index contributed by atoms with van der Waals surface area (Å²) < 4.78 is -0.872. The van der Waals surface area contributed by atoms with Gasteiger partial charge in [0.05, 0.1) is 0 Å². The molecule has 0 aromatic heterocycles. The van der Waals surface area contributed by atoms with E-state index >= 15 is 0 Å². The largest absolute Gasteiger partial charge is 0.183 e. The molecule has 0 nitrogen and oxygen atoms in total. The van der Waals surface area contributed by atoms with Gasteiger partial charge in [-0.15, -0.1) is 23.2 Å². The molecule has 0 bridgehead atoms. The predicted octanol–water partition coefficient (Wildman–Crippen LogP) is 3.47. The van der Waals surface area contributed by atoms with Gasteiger partial charge in [-0.2, -0.15) is 0 Å². The van der Waals surface area contributed by atoms with Crippen LogP contribution in [-0.4, -0.2) is 7.53 Å². The molecule has 0 amide bonds. The molecule has 0 saturated carbocycles. The summed E-state index contributed by atoms with van der Waals surface area (Å²) in [6.07, 6.45) is 0. The van der Waals surface area contributed by atoms with Crippen molar-refractivity contribution in [2.45, 2.75) is 7.53 Å². The lowest BCUT2D eigenvalue weighted by atomic mass is 10.9. The summed E-state index contributed by atoms with van der Waals surface area (Å²) in [6.45, 7) is 0. The lowest BCUT2D eigenvalue weighted by Crippen LogP contribution is -2.10. The van der Waals surface area contributed by atoms with Crippen molar-refractivity contribution >= 4 is 66.7 Å². The Kier molecular flexibility index (Phi) is 3.93. The summed E-state index contributed by atoms with van der Waals surface area (Å²) in [5, 5.41) is 0. The Balaban J connectivity index is 3.54. The Bertz CT molecular complexity index is 56.4. The molecule has 0 aromatic carbocycles. The van der Waals surface area contributed by atoms with Crippen LogP contribution in [0.3, 0.4) is 0 Å². The van der Waals surface area contributed by atoms with Gasteiger partial charge in [0.2, 0.25) is 0 Å². The van der Waals surface area contributed by atoms with Crippen LogP contribution in [0.25, 0.3) is 0 Å². The second-order valence-electron chi connectivity index (χ2n) is 0.842. The average Bonchev–Trinajstić information content (AvgIpc) is 1.31. The summed E-state index contributed by atoms with van der Waals surface area (Å²) >= 11 is 21.9. The van der Waals surface area contributed by atoms with Crippen molar-refractivity contribution in [3.63, 3.8) is 0 Å². The summed E-state index contributed by atoms with van der Waals surface area (Å²) in [4.78, 5) is -0.658. The van der Waals surface area contributed by atoms with Crippen LogP contribution < -0.4 is 0 Å². The molecule has 7 heavy (non-hydrogen) atoms. The van der Waals surface area contributed by atoms with E-state index in [2.05, 4.69) is 31.9 Å². The first-order valence-corrected chi connectivity index (χ1v) is 4.13. The molecular weight excluding hydrogens is 290 g/mol. The summed E-state index contributed by atoms with van der Waals surface area (Å²) in [6, 6.07) is 0. The van der Waals surface area contributed by atoms with Crippen LogP contribution in [0.15, 0.2) is 0 Å². The van der Waals surface area contributed by atoms with Gasteiger partial charge in [0, 0.05) is 0 Å². The monoisotopic (exact) mass is 288 g/mol. The van der Waals surface area contributed by atoms with Gasteiger partial charge in [-0.3, -0.25) is 0 Å². The zero-order valence-electron chi connectivity index (χ0n) is 2.97. The Hall–Kier alpha value is 1.83. The second-order valence-corrected chi connectivity index (χ2v) is 7.01. The smallest absolute Gasteiger partial charge is 0.101 e. The Morgan fingerprint density at radius 3 is 1.43 bits per heavy atom. The van der Waals surface area contributed by atoms with Crippen molar-refractivity contribution in [2.24, 2.45) is 0 Å². The predicted molar refractivity (Wildman–Crippen MR) is 41.9 cm³/mol. The first-order chi connectivity index (χ1) is 2.94. The lowest BCUT2D eigenvalue weighted by Gasteiger charge is -2.10. The van der Waals surface area contributed by atoms with E-state index in [0.29, 0.717) is 0 Å². The standard InChI is InChI=1S/C2HBr2Cl3/c3-2(4,7)1(5)6/h1H. The topological polar surface area (TPSA) is 0 Å². The van der Waals surface area contributed by atoms with Gasteiger partial charge >= 0.3 is 0 Å². The Morgan fingerprint density at radius 2 is 1.43 bits per heavy atom. The normalized spacial score (nSPS) is 12.9. The van der Waals surface area contributed by atoms with Gasteiger partial charge in [0.25, 0.3) is 0 Å². The van der Waals surface area contributed by atoms with E-state index in [9.17, 15) is 0 Å². The minimum Gasteiger partial charge on any atom is -0.101 e. The molecule has 0 rings (SSSR count). The molecule has 0 atom stereocenters. The molecule has 0 N–H and O–H groups in total. The summed E-state index contributed by atoms with van der Waals surface area (Å²) in [5.41, 5.74) is 0. The molecule has 0 saturated heterocycles. The van der Waals surface area contributed by atoms with Crippen molar-refractivity contribution < 1.29 is 0 Å². The van der Waals surface area contributed by atoms with Gasteiger partial charge in [0.1, 0.15) is 4.84 Å². The molecular formula is C2HBr2Cl3. The van der Waals surface area contributed by atoms with E-state index in [4.69, 9.17) is 34.8 Å². The molecule has 0 aliphatic carbocycles. The van der Waals surface area contributed by atoms with Crippen molar-refractivity contribution in [1.29, 1.82) is 0 Å².